The summed E-state index contributed by atoms with van der Waals surface area (Å²) >= 11 is 0. The molecular weight excluding hydrogens is 436 g/mol. The first-order chi connectivity index (χ1) is 15.9. The summed E-state index contributed by atoms with van der Waals surface area (Å²) in [4.78, 5) is 7.82. The summed E-state index contributed by atoms with van der Waals surface area (Å²) in [5.74, 6) is 1.15. The van der Waals surface area contributed by atoms with Gasteiger partial charge in [-0.15, -0.1) is 0 Å². The van der Waals surface area contributed by atoms with E-state index in [1.54, 1.807) is 0 Å². The van der Waals surface area contributed by atoms with Gasteiger partial charge >= 0.3 is 0 Å². The summed E-state index contributed by atoms with van der Waals surface area (Å²) in [6, 6.07) is 16.4. The van der Waals surface area contributed by atoms with E-state index in [1.807, 2.05) is 24.3 Å². The summed E-state index contributed by atoms with van der Waals surface area (Å²) < 4.78 is 27.1. The Kier molecular flexibility index (Phi) is 5.04. The molecule has 0 aliphatic carbocycles. The molecule has 174 valence electrons. The number of aromatic nitrogens is 1. The molecule has 2 saturated heterocycles. The van der Waals surface area contributed by atoms with E-state index in [9.17, 15) is 9.11 Å². The van der Waals surface area contributed by atoms with Crippen LogP contribution in [-0.4, -0.2) is 58.7 Å². The highest BCUT2D eigenvalue weighted by atomic mass is 32.3. The summed E-state index contributed by atoms with van der Waals surface area (Å²) in [7, 11) is -2.81. The number of nitrogens with one attached hydrogen (secondary N) is 2. The van der Waals surface area contributed by atoms with Crippen LogP contribution in [0.3, 0.4) is 0 Å². The molecule has 3 aliphatic heterocycles. The monoisotopic (exact) mass is 466 g/mol. The number of fused-ring (bicyclic) bond motifs is 2. The van der Waals surface area contributed by atoms with Gasteiger partial charge in [0.05, 0.1) is 34.8 Å². The van der Waals surface area contributed by atoms with Crippen LogP contribution in [0.5, 0.6) is 0 Å². The van der Waals surface area contributed by atoms with Gasteiger partial charge in [-0.25, -0.2) is 4.98 Å². The van der Waals surface area contributed by atoms with E-state index >= 15 is 0 Å². The maximum atomic E-state index is 10.8. The number of aryl methyl sites for hydroxylation is 1. The zero-order valence-electron chi connectivity index (χ0n) is 18.8. The van der Waals surface area contributed by atoms with Gasteiger partial charge in [0.15, 0.2) is 0 Å². The molecule has 6 rings (SSSR count). The third-order valence-electron chi connectivity index (χ3n) is 7.28. The van der Waals surface area contributed by atoms with Crippen LogP contribution in [0.4, 0.5) is 11.5 Å². The smallest absolute Gasteiger partial charge is 0.131 e. The van der Waals surface area contributed by atoms with Crippen molar-refractivity contribution in [1.82, 2.24) is 10.3 Å². The Bertz CT molecular complexity index is 1210. The number of nitrogens with zero attached hydrogens (tertiary/aromatic N) is 2. The van der Waals surface area contributed by atoms with Crippen molar-refractivity contribution in [3.05, 3.63) is 59.7 Å². The zero-order valence-corrected chi connectivity index (χ0v) is 19.6. The summed E-state index contributed by atoms with van der Waals surface area (Å²) in [6.07, 6.45) is 0. The molecule has 4 heterocycles. The molecule has 8 heteroatoms. The minimum absolute atomic E-state index is 0.151. The highest BCUT2D eigenvalue weighted by Gasteiger charge is 2.49. The molecule has 7 nitrogen and oxygen atoms in total. The summed E-state index contributed by atoms with van der Waals surface area (Å²) in [5.41, 5.74) is 4.31. The van der Waals surface area contributed by atoms with Crippen molar-refractivity contribution in [2.75, 3.05) is 48.8 Å². The second-order valence-corrected chi connectivity index (χ2v) is 11.8. The average Bonchev–Trinajstić information content (AvgIpc) is 3.15. The van der Waals surface area contributed by atoms with Crippen molar-refractivity contribution in [2.45, 2.75) is 24.4 Å². The molecule has 0 bridgehead atoms. The SMILES string of the molecule is Cc1ccc2nc(N3CCS(O)(O)c4ccccc4C3)cc(NC3CNCC34COC4)c2c1. The maximum absolute atomic E-state index is 10.8. The van der Waals surface area contributed by atoms with Crippen molar-refractivity contribution in [3.63, 3.8) is 0 Å². The predicted octanol–water partition coefficient (Wildman–Crippen LogP) is 4.07. The molecule has 0 amide bonds. The quantitative estimate of drug-likeness (QED) is 0.463. The van der Waals surface area contributed by atoms with Gasteiger partial charge in [0.1, 0.15) is 5.82 Å². The Balaban J connectivity index is 1.40. The fraction of sp³-hybridized carbons (Fsp3) is 0.400. The molecule has 2 aromatic carbocycles. The van der Waals surface area contributed by atoms with Crippen molar-refractivity contribution >= 4 is 33.0 Å². The molecule has 2 fully saturated rings. The number of rotatable bonds is 3. The lowest BCUT2D eigenvalue weighted by atomic mass is 9.81. The van der Waals surface area contributed by atoms with E-state index in [0.717, 1.165) is 54.3 Å². The average molecular weight is 467 g/mol. The van der Waals surface area contributed by atoms with Crippen LogP contribution in [0, 0.1) is 12.3 Å². The number of benzene rings is 2. The molecule has 3 aliphatic rings. The first-order valence-electron chi connectivity index (χ1n) is 11.5. The predicted molar refractivity (Wildman–Crippen MR) is 133 cm³/mol. The molecule has 3 aromatic rings. The van der Waals surface area contributed by atoms with Crippen LogP contribution in [-0.2, 0) is 11.3 Å². The molecule has 1 aromatic heterocycles. The van der Waals surface area contributed by atoms with Gasteiger partial charge in [-0.3, -0.25) is 9.11 Å². The number of ether oxygens (including phenoxy) is 1. The van der Waals surface area contributed by atoms with Crippen molar-refractivity contribution in [1.29, 1.82) is 0 Å². The van der Waals surface area contributed by atoms with Gasteiger partial charge in [0.2, 0.25) is 0 Å². The minimum Gasteiger partial charge on any atom is -0.380 e. The highest BCUT2D eigenvalue weighted by molar-refractivity contribution is 8.24. The standard InChI is InChI=1S/C25H30N4O3S/c1-17-6-7-20-19(10-17)21(27-23-12-26-14-25(23)15-32-16-25)11-24(28-20)29-8-9-33(30,31)22-5-3-2-4-18(22)13-29/h2-7,10-11,23,26,30-31H,8-9,12-16H2,1H3,(H,27,28). The van der Waals surface area contributed by atoms with E-state index in [-0.39, 0.29) is 5.41 Å². The Morgan fingerprint density at radius 1 is 1.18 bits per heavy atom. The Hall–Kier alpha value is -2.36. The molecular formula is C25H30N4O3S. The fourth-order valence-electron chi connectivity index (χ4n) is 5.25. The lowest BCUT2D eigenvalue weighted by Crippen LogP contribution is -2.53. The van der Waals surface area contributed by atoms with Gasteiger partial charge in [-0.1, -0.05) is 29.8 Å². The number of pyridine rings is 1. The fourth-order valence-corrected chi connectivity index (χ4v) is 6.80. The lowest BCUT2D eigenvalue weighted by Gasteiger charge is -2.42. The first kappa shape index (κ1) is 21.2. The van der Waals surface area contributed by atoms with Crippen LogP contribution in [0.25, 0.3) is 10.9 Å². The van der Waals surface area contributed by atoms with Crippen molar-refractivity contribution in [3.8, 4) is 0 Å². The molecule has 33 heavy (non-hydrogen) atoms. The number of anilines is 2. The normalized spacial score (nSPS) is 24.2. The number of hydrogen-bond donors (Lipinski definition) is 4. The van der Waals surface area contributed by atoms with E-state index in [2.05, 4.69) is 46.7 Å². The third kappa shape index (κ3) is 3.66. The molecule has 0 radical (unpaired) electrons. The maximum Gasteiger partial charge on any atom is 0.131 e. The van der Waals surface area contributed by atoms with E-state index in [1.165, 1.54) is 5.56 Å². The molecule has 4 N–H and O–H groups in total. The molecule has 1 unspecified atom stereocenters. The van der Waals surface area contributed by atoms with Crippen molar-refractivity contribution in [2.24, 2.45) is 5.41 Å². The van der Waals surface area contributed by atoms with Crippen LogP contribution in [0.2, 0.25) is 0 Å². The first-order valence-corrected chi connectivity index (χ1v) is 13.2. The van der Waals surface area contributed by atoms with Gasteiger partial charge in [-0.2, -0.15) is 10.6 Å². The Morgan fingerprint density at radius 3 is 2.85 bits per heavy atom. The highest BCUT2D eigenvalue weighted by Crippen LogP contribution is 2.51. The van der Waals surface area contributed by atoms with E-state index in [0.29, 0.717) is 29.8 Å². The van der Waals surface area contributed by atoms with Gasteiger partial charge in [0, 0.05) is 49.4 Å². The molecule has 0 saturated carbocycles. The zero-order chi connectivity index (χ0) is 22.6. The third-order valence-corrected chi connectivity index (χ3v) is 9.13. The molecule has 1 spiro atoms. The van der Waals surface area contributed by atoms with E-state index < -0.39 is 10.6 Å². The second-order valence-electron chi connectivity index (χ2n) is 9.63. The lowest BCUT2D eigenvalue weighted by molar-refractivity contribution is -0.104. The molecule has 1 atom stereocenters. The van der Waals surface area contributed by atoms with Gasteiger partial charge in [-0.05, 0) is 30.7 Å². The Morgan fingerprint density at radius 2 is 2.03 bits per heavy atom. The topological polar surface area (TPSA) is 89.9 Å². The van der Waals surface area contributed by atoms with Gasteiger partial charge in [0.25, 0.3) is 0 Å². The summed E-state index contributed by atoms with van der Waals surface area (Å²) in [6.45, 7) is 6.68. The van der Waals surface area contributed by atoms with Crippen molar-refractivity contribution < 1.29 is 13.8 Å². The van der Waals surface area contributed by atoms with Crippen LogP contribution in [0.1, 0.15) is 11.1 Å². The largest absolute Gasteiger partial charge is 0.380 e. The van der Waals surface area contributed by atoms with Crippen LogP contribution >= 0.6 is 10.6 Å². The second kappa shape index (κ2) is 7.85. The minimum atomic E-state index is -2.81. The summed E-state index contributed by atoms with van der Waals surface area (Å²) in [5, 5.41) is 8.47. The Labute approximate surface area is 195 Å². The van der Waals surface area contributed by atoms with Gasteiger partial charge < -0.3 is 20.3 Å². The van der Waals surface area contributed by atoms with E-state index in [4.69, 9.17) is 9.72 Å². The van der Waals surface area contributed by atoms with Crippen LogP contribution < -0.4 is 15.5 Å². The number of hydrogen-bond acceptors (Lipinski definition) is 7. The van der Waals surface area contributed by atoms with Crippen LogP contribution in [0.15, 0.2) is 53.4 Å².